The fourth-order valence-corrected chi connectivity index (χ4v) is 5.63. The number of carbonyl (C=O) groups excluding carboxylic acids is 1. The maximum atomic E-state index is 13.7. The van der Waals surface area contributed by atoms with Crippen LogP contribution in [0.5, 0.6) is 0 Å². The van der Waals surface area contributed by atoms with Crippen molar-refractivity contribution < 1.29 is 9.18 Å². The molecule has 8 heteroatoms. The second-order valence-corrected chi connectivity index (χ2v) is 8.88. The Hall–Kier alpha value is -2.58. The van der Waals surface area contributed by atoms with E-state index in [1.54, 1.807) is 18.5 Å². The van der Waals surface area contributed by atoms with E-state index >= 15 is 0 Å². The molecule has 0 spiro atoms. The number of hydrogen-bond donors (Lipinski definition) is 1. The van der Waals surface area contributed by atoms with Gasteiger partial charge >= 0.3 is 0 Å². The summed E-state index contributed by atoms with van der Waals surface area (Å²) in [4.78, 5) is 28.6. The summed E-state index contributed by atoms with van der Waals surface area (Å²) in [7, 11) is 0. The van der Waals surface area contributed by atoms with Crippen molar-refractivity contribution >= 4 is 33.3 Å². The van der Waals surface area contributed by atoms with Gasteiger partial charge in [-0.3, -0.25) is 9.69 Å². The highest BCUT2D eigenvalue weighted by Gasteiger charge is 2.25. The average Bonchev–Trinajstić information content (AvgIpc) is 3.35. The van der Waals surface area contributed by atoms with E-state index in [4.69, 9.17) is 0 Å². The highest BCUT2D eigenvalue weighted by molar-refractivity contribution is 7.19. The Bertz CT molecular complexity index is 1080. The van der Waals surface area contributed by atoms with Gasteiger partial charge in [0.15, 0.2) is 0 Å². The molecule has 0 atom stereocenters. The summed E-state index contributed by atoms with van der Waals surface area (Å²) in [6.45, 7) is 4.88. The molecule has 0 unspecified atom stereocenters. The van der Waals surface area contributed by atoms with Crippen LogP contribution in [0.3, 0.4) is 0 Å². The molecule has 3 heterocycles. The number of carbonyl (C=O) groups is 1. The van der Waals surface area contributed by atoms with Crippen LogP contribution >= 0.6 is 11.3 Å². The Balaban J connectivity index is 1.17. The van der Waals surface area contributed by atoms with Crippen molar-refractivity contribution in [2.24, 2.45) is 0 Å². The Kier molecular flexibility index (Phi) is 5.35. The van der Waals surface area contributed by atoms with Crippen LogP contribution in [0.2, 0.25) is 0 Å². The molecule has 30 heavy (non-hydrogen) atoms. The molecule has 3 aromatic rings. The van der Waals surface area contributed by atoms with Crippen molar-refractivity contribution in [3.63, 3.8) is 0 Å². The van der Waals surface area contributed by atoms with Crippen LogP contribution in [0.1, 0.15) is 27.2 Å². The number of piperazine rings is 1. The van der Waals surface area contributed by atoms with Gasteiger partial charge in [0.05, 0.1) is 10.9 Å². The maximum absolute atomic E-state index is 13.7. The Morgan fingerprint density at radius 1 is 1.13 bits per heavy atom. The van der Waals surface area contributed by atoms with Gasteiger partial charge in [0, 0.05) is 44.1 Å². The molecule has 2 aromatic heterocycles. The second-order valence-electron chi connectivity index (χ2n) is 7.80. The number of halogens is 1. The number of thiophene rings is 1. The van der Waals surface area contributed by atoms with Crippen molar-refractivity contribution in [3.05, 3.63) is 52.4 Å². The van der Waals surface area contributed by atoms with Crippen LogP contribution in [0.4, 0.5) is 10.2 Å². The minimum Gasteiger partial charge on any atom is -0.353 e. The van der Waals surface area contributed by atoms with E-state index in [9.17, 15) is 9.18 Å². The zero-order valence-electron chi connectivity index (χ0n) is 16.7. The third kappa shape index (κ3) is 3.65. The molecule has 1 N–H and O–H groups in total. The number of benzene rings is 1. The van der Waals surface area contributed by atoms with Crippen molar-refractivity contribution in [1.82, 2.24) is 20.2 Å². The third-order valence-corrected chi connectivity index (χ3v) is 7.19. The molecule has 0 bridgehead atoms. The van der Waals surface area contributed by atoms with Crippen LogP contribution in [0.15, 0.2) is 30.6 Å². The molecule has 1 aromatic carbocycles. The summed E-state index contributed by atoms with van der Waals surface area (Å²) < 4.78 is 13.7. The first-order valence-corrected chi connectivity index (χ1v) is 11.3. The van der Waals surface area contributed by atoms with E-state index in [1.165, 1.54) is 40.8 Å². The minimum absolute atomic E-state index is 0.0957. The van der Waals surface area contributed by atoms with Gasteiger partial charge in [-0.15, -0.1) is 11.3 Å². The number of aryl methyl sites for hydroxylation is 2. The molecule has 1 aliphatic heterocycles. The topological polar surface area (TPSA) is 61.4 Å². The first-order chi connectivity index (χ1) is 14.7. The lowest BCUT2D eigenvalue weighted by atomic mass is 10.1. The summed E-state index contributed by atoms with van der Waals surface area (Å²) in [6.07, 6.45) is 5.23. The lowest BCUT2D eigenvalue weighted by Crippen LogP contribution is -2.48. The van der Waals surface area contributed by atoms with E-state index in [1.807, 2.05) is 11.3 Å². The van der Waals surface area contributed by atoms with E-state index in [2.05, 4.69) is 25.1 Å². The van der Waals surface area contributed by atoms with Crippen LogP contribution < -0.4 is 10.2 Å². The molecule has 1 aliphatic carbocycles. The third-order valence-electron chi connectivity index (χ3n) is 5.99. The van der Waals surface area contributed by atoms with Crippen molar-refractivity contribution in [2.45, 2.75) is 19.3 Å². The Labute approximate surface area is 178 Å². The second kappa shape index (κ2) is 8.28. The fraction of sp³-hybridized carbons (Fsp3) is 0.409. The number of nitrogens with zero attached hydrogens (tertiary/aromatic N) is 4. The molecule has 156 valence electrons. The van der Waals surface area contributed by atoms with Gasteiger partial charge in [-0.1, -0.05) is 12.1 Å². The molecule has 2 aliphatic rings. The minimum atomic E-state index is -0.486. The van der Waals surface area contributed by atoms with Crippen LogP contribution in [0, 0.1) is 5.82 Å². The summed E-state index contributed by atoms with van der Waals surface area (Å²) in [5, 5.41) is 4.09. The number of aromatic nitrogens is 2. The van der Waals surface area contributed by atoms with E-state index in [0.717, 1.165) is 49.8 Å². The fourth-order valence-electron chi connectivity index (χ4n) is 4.40. The van der Waals surface area contributed by atoms with Gasteiger partial charge in [0.25, 0.3) is 5.91 Å². The summed E-state index contributed by atoms with van der Waals surface area (Å²) in [5.74, 6) is 0.230. The predicted molar refractivity (Wildman–Crippen MR) is 117 cm³/mol. The number of amides is 1. The van der Waals surface area contributed by atoms with Gasteiger partial charge in [-0.25, -0.2) is 14.4 Å². The summed E-state index contributed by atoms with van der Waals surface area (Å²) in [6, 6.07) is 6.07. The van der Waals surface area contributed by atoms with Crippen molar-refractivity contribution in [1.29, 1.82) is 0 Å². The number of rotatable bonds is 5. The van der Waals surface area contributed by atoms with Gasteiger partial charge in [0.1, 0.15) is 22.8 Å². The lowest BCUT2D eigenvalue weighted by molar-refractivity contribution is 0.0943. The first kappa shape index (κ1) is 19.4. The SMILES string of the molecule is O=C(NCCN1CCN(c2ncnc3sc4c(c23)CCC4)CC1)c1ccccc1F. The highest BCUT2D eigenvalue weighted by atomic mass is 32.1. The monoisotopic (exact) mass is 425 g/mol. The zero-order chi connectivity index (χ0) is 20.5. The van der Waals surface area contributed by atoms with Crippen LogP contribution in [-0.2, 0) is 12.8 Å². The standard InChI is InChI=1S/C22H24FN5OS/c23-17-6-2-1-4-15(17)21(29)24-8-9-27-10-12-28(13-11-27)20-19-16-5-3-7-18(16)30-22(19)26-14-25-20/h1-2,4,6,14H,3,5,7-13H2,(H,24,29). The Morgan fingerprint density at radius 3 is 2.80 bits per heavy atom. The summed E-state index contributed by atoms with van der Waals surface area (Å²) >= 11 is 1.82. The number of hydrogen-bond acceptors (Lipinski definition) is 6. The average molecular weight is 426 g/mol. The van der Waals surface area contributed by atoms with E-state index in [-0.39, 0.29) is 11.5 Å². The molecule has 1 amide bonds. The molecule has 0 radical (unpaired) electrons. The lowest BCUT2D eigenvalue weighted by Gasteiger charge is -2.35. The molecular formula is C22H24FN5OS. The molecule has 6 nitrogen and oxygen atoms in total. The van der Waals surface area contributed by atoms with Crippen LogP contribution in [0.25, 0.3) is 10.2 Å². The van der Waals surface area contributed by atoms with Crippen molar-refractivity contribution in [3.8, 4) is 0 Å². The molecule has 1 fully saturated rings. The zero-order valence-corrected chi connectivity index (χ0v) is 17.6. The molecule has 1 saturated heterocycles. The highest BCUT2D eigenvalue weighted by Crippen LogP contribution is 2.40. The molecular weight excluding hydrogens is 401 g/mol. The molecule has 0 saturated carbocycles. The first-order valence-electron chi connectivity index (χ1n) is 10.5. The number of anilines is 1. The number of fused-ring (bicyclic) bond motifs is 3. The van der Waals surface area contributed by atoms with Gasteiger partial charge < -0.3 is 10.2 Å². The van der Waals surface area contributed by atoms with Gasteiger partial charge in [-0.05, 0) is 37.0 Å². The molecule has 5 rings (SSSR count). The van der Waals surface area contributed by atoms with Crippen LogP contribution in [-0.4, -0.2) is 60.0 Å². The Morgan fingerprint density at radius 2 is 1.97 bits per heavy atom. The van der Waals surface area contributed by atoms with Gasteiger partial charge in [-0.2, -0.15) is 0 Å². The predicted octanol–water partition coefficient (Wildman–Crippen LogP) is 2.87. The van der Waals surface area contributed by atoms with E-state index < -0.39 is 5.82 Å². The summed E-state index contributed by atoms with van der Waals surface area (Å²) in [5.41, 5.74) is 1.56. The number of nitrogens with one attached hydrogen (secondary N) is 1. The quantitative estimate of drug-likeness (QED) is 0.681. The van der Waals surface area contributed by atoms with Gasteiger partial charge in [0.2, 0.25) is 0 Å². The smallest absolute Gasteiger partial charge is 0.254 e. The largest absolute Gasteiger partial charge is 0.353 e. The van der Waals surface area contributed by atoms with E-state index in [0.29, 0.717) is 6.54 Å². The maximum Gasteiger partial charge on any atom is 0.254 e. The normalized spacial score (nSPS) is 16.8. The van der Waals surface area contributed by atoms with Crippen molar-refractivity contribution in [2.75, 3.05) is 44.2 Å².